The lowest BCUT2D eigenvalue weighted by molar-refractivity contribution is -0.384. The normalized spacial score (nSPS) is 14.8. The summed E-state index contributed by atoms with van der Waals surface area (Å²) in [5, 5.41) is 13.7. The Morgan fingerprint density at radius 3 is 2.49 bits per heavy atom. The highest BCUT2D eigenvalue weighted by Gasteiger charge is 2.37. The van der Waals surface area contributed by atoms with Crippen LogP contribution in [0.5, 0.6) is 11.5 Å². The fourth-order valence-electron chi connectivity index (χ4n) is 3.40. The molecule has 2 aromatic carbocycles. The summed E-state index contributed by atoms with van der Waals surface area (Å²) in [7, 11) is 2.80. The monoisotopic (exact) mass is 497 g/mol. The molecule has 0 saturated carbocycles. The summed E-state index contributed by atoms with van der Waals surface area (Å²) in [5.74, 6) is -1.02. The van der Waals surface area contributed by atoms with Crippen LogP contribution in [0.15, 0.2) is 58.5 Å². The third-order valence-corrected chi connectivity index (χ3v) is 5.37. The van der Waals surface area contributed by atoms with Gasteiger partial charge in [0.25, 0.3) is 17.5 Å². The average Bonchev–Trinajstić information content (AvgIpc) is 3.30. The molecule has 0 atom stereocenters. The molecule has 0 aliphatic carbocycles. The van der Waals surface area contributed by atoms with Gasteiger partial charge in [-0.1, -0.05) is 11.6 Å². The van der Waals surface area contributed by atoms with Crippen LogP contribution in [0.4, 0.5) is 16.2 Å². The van der Waals surface area contributed by atoms with Crippen molar-refractivity contribution in [3.63, 3.8) is 0 Å². The minimum Gasteiger partial charge on any atom is -0.497 e. The van der Waals surface area contributed by atoms with Gasteiger partial charge in [0.1, 0.15) is 28.6 Å². The summed E-state index contributed by atoms with van der Waals surface area (Å²) in [5.41, 5.74) is -0.352. The molecular formula is C23H16ClN3O8. The van der Waals surface area contributed by atoms with Gasteiger partial charge < -0.3 is 13.9 Å². The topological polar surface area (TPSA) is 141 Å². The lowest BCUT2D eigenvalue weighted by Gasteiger charge is -2.26. The van der Waals surface area contributed by atoms with Crippen molar-refractivity contribution in [3.8, 4) is 22.8 Å². The van der Waals surface area contributed by atoms with E-state index in [0.717, 1.165) is 11.0 Å². The second-order valence-corrected chi connectivity index (χ2v) is 7.53. The molecule has 3 aromatic rings. The van der Waals surface area contributed by atoms with E-state index in [4.69, 9.17) is 25.5 Å². The van der Waals surface area contributed by atoms with E-state index in [2.05, 4.69) is 5.32 Å². The Balaban J connectivity index is 1.69. The zero-order chi connectivity index (χ0) is 25.3. The highest BCUT2D eigenvalue weighted by atomic mass is 35.5. The molecule has 178 valence electrons. The Kier molecular flexibility index (Phi) is 6.26. The zero-order valence-corrected chi connectivity index (χ0v) is 19.0. The Morgan fingerprint density at radius 1 is 1.06 bits per heavy atom. The quantitative estimate of drug-likeness (QED) is 0.231. The number of carbonyl (C=O) groups excluding carboxylic acids is 3. The highest BCUT2D eigenvalue weighted by molar-refractivity contribution is 6.39. The molecule has 4 rings (SSSR count). The molecule has 11 nitrogen and oxygen atoms in total. The predicted octanol–water partition coefficient (Wildman–Crippen LogP) is 4.19. The van der Waals surface area contributed by atoms with Crippen LogP contribution in [0.3, 0.4) is 0 Å². The Labute approximate surface area is 202 Å². The lowest BCUT2D eigenvalue weighted by atomic mass is 10.1. The van der Waals surface area contributed by atoms with Gasteiger partial charge in [0.2, 0.25) is 0 Å². The first-order valence-electron chi connectivity index (χ1n) is 9.91. The van der Waals surface area contributed by atoms with Crippen LogP contribution >= 0.6 is 11.6 Å². The summed E-state index contributed by atoms with van der Waals surface area (Å²) in [6, 6.07) is 10.4. The number of barbiturate groups is 1. The number of urea groups is 1. The molecule has 1 saturated heterocycles. The number of carbonyl (C=O) groups is 3. The van der Waals surface area contributed by atoms with Crippen molar-refractivity contribution in [1.82, 2.24) is 5.32 Å². The first kappa shape index (κ1) is 23.5. The van der Waals surface area contributed by atoms with Crippen molar-refractivity contribution < 1.29 is 33.2 Å². The molecule has 1 aliphatic heterocycles. The van der Waals surface area contributed by atoms with Crippen molar-refractivity contribution in [2.45, 2.75) is 0 Å². The van der Waals surface area contributed by atoms with Crippen LogP contribution in [0.25, 0.3) is 17.4 Å². The van der Waals surface area contributed by atoms with Gasteiger partial charge >= 0.3 is 6.03 Å². The molecule has 2 heterocycles. The Morgan fingerprint density at radius 2 is 1.83 bits per heavy atom. The van der Waals surface area contributed by atoms with Crippen LogP contribution in [0, 0.1) is 10.1 Å². The number of hydrogen-bond acceptors (Lipinski definition) is 8. The molecule has 35 heavy (non-hydrogen) atoms. The predicted molar refractivity (Wildman–Crippen MR) is 124 cm³/mol. The van der Waals surface area contributed by atoms with Gasteiger partial charge in [-0.3, -0.25) is 25.0 Å². The van der Waals surface area contributed by atoms with Crippen molar-refractivity contribution >= 4 is 46.9 Å². The summed E-state index contributed by atoms with van der Waals surface area (Å²) >= 11 is 6.11. The number of furan rings is 1. The smallest absolute Gasteiger partial charge is 0.335 e. The minimum absolute atomic E-state index is 0.0608. The molecule has 0 unspecified atom stereocenters. The second kappa shape index (κ2) is 9.31. The van der Waals surface area contributed by atoms with Crippen LogP contribution in [-0.4, -0.2) is 37.0 Å². The van der Waals surface area contributed by atoms with Crippen molar-refractivity contribution in [3.05, 3.63) is 75.0 Å². The SMILES string of the molecule is COc1ccc(-c2ccc(C=C3C(=O)NC(=O)N(c4ccc(OC)c(Cl)c4)C3=O)o2)c([N+](=O)[O-])c1. The number of nitrogens with one attached hydrogen (secondary N) is 1. The molecule has 0 bridgehead atoms. The second-order valence-electron chi connectivity index (χ2n) is 7.12. The first-order valence-corrected chi connectivity index (χ1v) is 10.3. The van der Waals surface area contributed by atoms with Crippen molar-refractivity contribution in [2.75, 3.05) is 19.1 Å². The number of benzene rings is 2. The Bertz CT molecular complexity index is 1410. The number of amides is 4. The van der Waals surface area contributed by atoms with E-state index in [1.807, 2.05) is 0 Å². The summed E-state index contributed by atoms with van der Waals surface area (Å²) in [4.78, 5) is 49.5. The number of rotatable bonds is 6. The van der Waals surface area contributed by atoms with Crippen molar-refractivity contribution in [2.24, 2.45) is 0 Å². The van der Waals surface area contributed by atoms with E-state index < -0.39 is 22.8 Å². The van der Waals surface area contributed by atoms with Gasteiger partial charge in [0.05, 0.1) is 41.5 Å². The summed E-state index contributed by atoms with van der Waals surface area (Å²) in [6.45, 7) is 0. The van der Waals surface area contributed by atoms with E-state index in [9.17, 15) is 24.5 Å². The molecule has 0 radical (unpaired) electrons. The molecule has 12 heteroatoms. The summed E-state index contributed by atoms with van der Waals surface area (Å²) in [6.07, 6.45) is 1.14. The van der Waals surface area contributed by atoms with Gasteiger partial charge in [-0.25, -0.2) is 9.69 Å². The largest absolute Gasteiger partial charge is 0.497 e. The van der Waals surface area contributed by atoms with Crippen molar-refractivity contribution in [1.29, 1.82) is 0 Å². The molecular weight excluding hydrogens is 482 g/mol. The van der Waals surface area contributed by atoms with E-state index in [1.165, 1.54) is 62.8 Å². The standard InChI is InChI=1S/C23H16ClN3O8/c1-33-13-4-6-15(18(11-13)27(31)32)19-8-5-14(35-19)10-16-21(28)25-23(30)26(22(16)29)12-3-7-20(34-2)17(24)9-12/h3-11H,1-2H3,(H,25,28,30). The number of anilines is 1. The Hall–Kier alpha value is -4.64. The van der Waals surface area contributed by atoms with Crippen LogP contribution < -0.4 is 19.7 Å². The number of hydrogen-bond donors (Lipinski definition) is 1. The van der Waals surface area contributed by atoms with E-state index in [1.54, 1.807) is 0 Å². The molecule has 0 spiro atoms. The molecule has 1 N–H and O–H groups in total. The minimum atomic E-state index is -0.952. The van der Waals surface area contributed by atoms with E-state index >= 15 is 0 Å². The molecule has 4 amide bonds. The van der Waals surface area contributed by atoms with E-state index in [-0.39, 0.29) is 39.1 Å². The van der Waals surface area contributed by atoms with Gasteiger partial charge in [-0.05, 0) is 48.5 Å². The number of methoxy groups -OCH3 is 2. The van der Waals surface area contributed by atoms with E-state index in [0.29, 0.717) is 11.5 Å². The molecule has 1 aliphatic rings. The zero-order valence-electron chi connectivity index (χ0n) is 18.2. The van der Waals surface area contributed by atoms with Gasteiger partial charge in [0, 0.05) is 0 Å². The van der Waals surface area contributed by atoms with Gasteiger partial charge in [0.15, 0.2) is 0 Å². The van der Waals surface area contributed by atoms with Gasteiger partial charge in [-0.15, -0.1) is 0 Å². The lowest BCUT2D eigenvalue weighted by Crippen LogP contribution is -2.54. The number of nitro benzene ring substituents is 1. The summed E-state index contributed by atoms with van der Waals surface area (Å²) < 4.78 is 15.8. The number of nitrogens with zero attached hydrogens (tertiary/aromatic N) is 2. The van der Waals surface area contributed by atoms with Crippen LogP contribution in [0.1, 0.15) is 5.76 Å². The number of nitro groups is 1. The third kappa shape index (κ3) is 4.44. The maximum atomic E-state index is 13.1. The van der Waals surface area contributed by atoms with Gasteiger partial charge in [-0.2, -0.15) is 0 Å². The third-order valence-electron chi connectivity index (χ3n) is 5.08. The average molecular weight is 498 g/mol. The fraction of sp³-hybridized carbons (Fsp3) is 0.0870. The molecule has 1 aromatic heterocycles. The number of halogens is 1. The maximum absolute atomic E-state index is 13.1. The van der Waals surface area contributed by atoms with Crippen LogP contribution in [-0.2, 0) is 9.59 Å². The molecule has 1 fully saturated rings. The first-order chi connectivity index (χ1) is 16.7. The van der Waals surface area contributed by atoms with Crippen LogP contribution in [0.2, 0.25) is 5.02 Å². The maximum Gasteiger partial charge on any atom is 0.335 e. The number of imide groups is 2. The highest BCUT2D eigenvalue weighted by Crippen LogP contribution is 2.35. The fourth-order valence-corrected chi connectivity index (χ4v) is 3.65. The number of ether oxygens (including phenoxy) is 2.